The van der Waals surface area contributed by atoms with Crippen LogP contribution < -0.4 is 16.0 Å². The average molecular weight is 293 g/mol. The molecule has 0 aliphatic heterocycles. The van der Waals surface area contributed by atoms with Crippen molar-refractivity contribution in [2.75, 3.05) is 18.9 Å². The minimum Gasteiger partial charge on any atom is -0.444 e. The van der Waals surface area contributed by atoms with Crippen molar-refractivity contribution >= 4 is 11.8 Å². The molecule has 1 unspecified atom stereocenters. The van der Waals surface area contributed by atoms with Gasteiger partial charge in [-0.1, -0.05) is 18.2 Å². The number of alkyl carbamates (subject to hydrolysis) is 1. The van der Waals surface area contributed by atoms with E-state index in [1.165, 1.54) is 0 Å². The van der Waals surface area contributed by atoms with E-state index in [0.29, 0.717) is 6.54 Å². The van der Waals surface area contributed by atoms with E-state index >= 15 is 0 Å². The second-order valence-corrected chi connectivity index (χ2v) is 5.92. The van der Waals surface area contributed by atoms with Gasteiger partial charge in [0, 0.05) is 12.2 Å². The van der Waals surface area contributed by atoms with Crippen LogP contribution in [0.15, 0.2) is 30.3 Å². The van der Waals surface area contributed by atoms with Gasteiger partial charge in [-0.05, 0) is 52.8 Å². The zero-order valence-electron chi connectivity index (χ0n) is 13.4. The molecule has 0 aromatic heterocycles. The first kappa shape index (κ1) is 17.3. The van der Waals surface area contributed by atoms with E-state index in [-0.39, 0.29) is 12.3 Å². The molecule has 21 heavy (non-hydrogen) atoms. The summed E-state index contributed by atoms with van der Waals surface area (Å²) in [6.07, 6.45) is 1.58. The Morgan fingerprint density at radius 1 is 1.24 bits per heavy atom. The van der Waals surface area contributed by atoms with Gasteiger partial charge in [-0.2, -0.15) is 0 Å². The Balaban J connectivity index is 2.22. The Hall–Kier alpha value is -1.75. The summed E-state index contributed by atoms with van der Waals surface area (Å²) in [5, 5.41) is 9.39. The van der Waals surface area contributed by atoms with Crippen molar-refractivity contribution in [1.82, 2.24) is 10.6 Å². The van der Waals surface area contributed by atoms with Crippen LogP contribution in [-0.4, -0.2) is 31.5 Å². The number of carbonyl (C=O) groups is 1. The van der Waals surface area contributed by atoms with E-state index in [2.05, 4.69) is 16.0 Å². The van der Waals surface area contributed by atoms with Gasteiger partial charge in [-0.15, -0.1) is 0 Å². The van der Waals surface area contributed by atoms with Gasteiger partial charge >= 0.3 is 6.09 Å². The molecule has 0 aliphatic carbocycles. The maximum atomic E-state index is 11.5. The topological polar surface area (TPSA) is 62.4 Å². The predicted molar refractivity (Wildman–Crippen MR) is 86.4 cm³/mol. The molecule has 3 N–H and O–H groups in total. The standard InChI is InChI=1S/C16H27N3O2/c1-16(2,3)21-15(20)18-12-8-11-14(17-4)19-13-9-6-5-7-10-13/h5-7,9-10,14,17,19H,8,11-12H2,1-4H3,(H,18,20). The Morgan fingerprint density at radius 2 is 1.90 bits per heavy atom. The summed E-state index contributed by atoms with van der Waals surface area (Å²) in [7, 11) is 1.92. The van der Waals surface area contributed by atoms with Gasteiger partial charge < -0.3 is 20.7 Å². The summed E-state index contributed by atoms with van der Waals surface area (Å²) in [5.41, 5.74) is 0.629. The summed E-state index contributed by atoms with van der Waals surface area (Å²) in [4.78, 5) is 11.5. The zero-order chi connectivity index (χ0) is 15.7. The summed E-state index contributed by atoms with van der Waals surface area (Å²) in [6.45, 7) is 6.16. The number of para-hydroxylation sites is 1. The van der Waals surface area contributed by atoms with Gasteiger partial charge in [0.1, 0.15) is 5.60 Å². The molecule has 0 bridgehead atoms. The van der Waals surface area contributed by atoms with Crippen molar-refractivity contribution in [3.05, 3.63) is 30.3 Å². The van der Waals surface area contributed by atoms with Crippen LogP contribution in [0.3, 0.4) is 0 Å². The van der Waals surface area contributed by atoms with Crippen molar-refractivity contribution in [3.8, 4) is 0 Å². The highest BCUT2D eigenvalue weighted by atomic mass is 16.6. The number of benzene rings is 1. The van der Waals surface area contributed by atoms with Gasteiger partial charge in [0.2, 0.25) is 0 Å². The Kier molecular flexibility index (Phi) is 7.02. The van der Waals surface area contributed by atoms with Gasteiger partial charge in [0.25, 0.3) is 0 Å². The fourth-order valence-electron chi connectivity index (χ4n) is 1.84. The number of ether oxygens (including phenoxy) is 1. The quantitative estimate of drug-likeness (QED) is 0.534. The molecule has 118 valence electrons. The van der Waals surface area contributed by atoms with E-state index < -0.39 is 5.60 Å². The SMILES string of the molecule is CNC(CCCNC(=O)OC(C)(C)C)Nc1ccccc1. The average Bonchev–Trinajstić information content (AvgIpc) is 2.41. The van der Waals surface area contributed by atoms with E-state index in [9.17, 15) is 4.79 Å². The van der Waals surface area contributed by atoms with Gasteiger partial charge in [-0.3, -0.25) is 0 Å². The van der Waals surface area contributed by atoms with Crippen molar-refractivity contribution in [1.29, 1.82) is 0 Å². The normalized spacial score (nSPS) is 12.6. The lowest BCUT2D eigenvalue weighted by Gasteiger charge is -2.21. The second kappa shape index (κ2) is 8.52. The van der Waals surface area contributed by atoms with Crippen LogP contribution in [0.2, 0.25) is 0 Å². The molecule has 5 heteroatoms. The molecule has 1 atom stereocenters. The summed E-state index contributed by atoms with van der Waals surface area (Å²) >= 11 is 0. The molecular formula is C16H27N3O2. The molecule has 0 fully saturated rings. The predicted octanol–water partition coefficient (Wildman–Crippen LogP) is 2.95. The van der Waals surface area contributed by atoms with E-state index in [0.717, 1.165) is 18.5 Å². The molecule has 1 rings (SSSR count). The van der Waals surface area contributed by atoms with Crippen LogP contribution in [0, 0.1) is 0 Å². The molecule has 1 aromatic carbocycles. The van der Waals surface area contributed by atoms with Crippen molar-refractivity contribution in [2.45, 2.75) is 45.4 Å². The molecule has 5 nitrogen and oxygen atoms in total. The lowest BCUT2D eigenvalue weighted by atomic mass is 10.2. The van der Waals surface area contributed by atoms with E-state index in [4.69, 9.17) is 4.74 Å². The summed E-state index contributed by atoms with van der Waals surface area (Å²) in [5.74, 6) is 0. The second-order valence-electron chi connectivity index (χ2n) is 5.92. The largest absolute Gasteiger partial charge is 0.444 e. The molecule has 0 radical (unpaired) electrons. The highest BCUT2D eigenvalue weighted by Gasteiger charge is 2.15. The fourth-order valence-corrected chi connectivity index (χ4v) is 1.84. The lowest BCUT2D eigenvalue weighted by Crippen LogP contribution is -2.36. The molecule has 0 saturated carbocycles. The minimum absolute atomic E-state index is 0.174. The third-order valence-corrected chi connectivity index (χ3v) is 2.80. The summed E-state index contributed by atoms with van der Waals surface area (Å²) < 4.78 is 5.19. The minimum atomic E-state index is -0.452. The van der Waals surface area contributed by atoms with Crippen molar-refractivity contribution in [3.63, 3.8) is 0 Å². The van der Waals surface area contributed by atoms with Crippen LogP contribution in [0.1, 0.15) is 33.6 Å². The van der Waals surface area contributed by atoms with Crippen LogP contribution in [0.25, 0.3) is 0 Å². The van der Waals surface area contributed by atoms with Crippen molar-refractivity contribution < 1.29 is 9.53 Å². The van der Waals surface area contributed by atoms with Crippen LogP contribution in [-0.2, 0) is 4.74 Å². The maximum absolute atomic E-state index is 11.5. The van der Waals surface area contributed by atoms with Gasteiger partial charge in [-0.25, -0.2) is 4.79 Å². The maximum Gasteiger partial charge on any atom is 0.407 e. The zero-order valence-corrected chi connectivity index (χ0v) is 13.4. The Bertz CT molecular complexity index is 415. The summed E-state index contributed by atoms with van der Waals surface area (Å²) in [6, 6.07) is 10.1. The highest BCUT2D eigenvalue weighted by molar-refractivity contribution is 5.67. The number of anilines is 1. The number of hydrogen-bond donors (Lipinski definition) is 3. The molecule has 0 heterocycles. The number of rotatable bonds is 7. The van der Waals surface area contributed by atoms with Gasteiger partial charge in [0.05, 0.1) is 6.17 Å². The third-order valence-electron chi connectivity index (χ3n) is 2.80. The first-order valence-corrected chi connectivity index (χ1v) is 7.36. The Labute approximate surface area is 127 Å². The molecule has 1 amide bonds. The fraction of sp³-hybridized carbons (Fsp3) is 0.562. The molecule has 1 aromatic rings. The highest BCUT2D eigenvalue weighted by Crippen LogP contribution is 2.09. The monoisotopic (exact) mass is 293 g/mol. The van der Waals surface area contributed by atoms with Crippen LogP contribution in [0.5, 0.6) is 0 Å². The van der Waals surface area contributed by atoms with E-state index in [1.807, 2.05) is 58.2 Å². The molecule has 0 aliphatic rings. The first-order valence-electron chi connectivity index (χ1n) is 7.36. The van der Waals surface area contributed by atoms with Crippen molar-refractivity contribution in [2.24, 2.45) is 0 Å². The Morgan fingerprint density at radius 3 is 2.48 bits per heavy atom. The smallest absolute Gasteiger partial charge is 0.407 e. The number of carbonyl (C=O) groups excluding carboxylic acids is 1. The molecule has 0 spiro atoms. The molecule has 0 saturated heterocycles. The number of nitrogens with one attached hydrogen (secondary N) is 3. The first-order chi connectivity index (χ1) is 9.90. The number of hydrogen-bond acceptors (Lipinski definition) is 4. The molecular weight excluding hydrogens is 266 g/mol. The van der Waals surface area contributed by atoms with Crippen LogP contribution >= 0.6 is 0 Å². The number of amides is 1. The van der Waals surface area contributed by atoms with E-state index in [1.54, 1.807) is 0 Å². The lowest BCUT2D eigenvalue weighted by molar-refractivity contribution is 0.0526. The third kappa shape index (κ3) is 8.19. The van der Waals surface area contributed by atoms with Crippen LogP contribution in [0.4, 0.5) is 10.5 Å². The van der Waals surface area contributed by atoms with Gasteiger partial charge in [0.15, 0.2) is 0 Å².